The van der Waals surface area contributed by atoms with Crippen LogP contribution in [-0.2, 0) is 0 Å². The summed E-state index contributed by atoms with van der Waals surface area (Å²) in [6.07, 6.45) is -4.16. The van der Waals surface area contributed by atoms with E-state index in [4.69, 9.17) is 5.73 Å². The SMILES string of the molecule is CCN(CC(F)(F)F)C(CN)C(C)(C)C. The molecule has 0 radical (unpaired) electrons. The van der Waals surface area contributed by atoms with Crippen molar-refractivity contribution in [2.45, 2.75) is 39.9 Å². The van der Waals surface area contributed by atoms with E-state index in [0.717, 1.165) is 0 Å². The number of likely N-dealkylation sites (N-methyl/N-ethyl adjacent to an activating group) is 1. The molecule has 2 nitrogen and oxygen atoms in total. The van der Waals surface area contributed by atoms with Crippen molar-refractivity contribution in [2.75, 3.05) is 19.6 Å². The van der Waals surface area contributed by atoms with E-state index < -0.39 is 12.7 Å². The molecule has 15 heavy (non-hydrogen) atoms. The average molecular weight is 226 g/mol. The Hall–Kier alpha value is -0.290. The van der Waals surface area contributed by atoms with Crippen LogP contribution in [0.3, 0.4) is 0 Å². The van der Waals surface area contributed by atoms with Crippen LogP contribution >= 0.6 is 0 Å². The molecule has 0 saturated carbocycles. The fraction of sp³-hybridized carbons (Fsp3) is 1.00. The number of halogens is 3. The third-order valence-corrected chi connectivity index (χ3v) is 2.45. The molecule has 92 valence electrons. The van der Waals surface area contributed by atoms with Gasteiger partial charge in [-0.05, 0) is 12.0 Å². The molecular formula is C10H21F3N2. The summed E-state index contributed by atoms with van der Waals surface area (Å²) in [6.45, 7) is 7.16. The molecule has 0 aliphatic carbocycles. The molecule has 1 unspecified atom stereocenters. The van der Waals surface area contributed by atoms with Crippen molar-refractivity contribution < 1.29 is 13.2 Å². The molecule has 1 atom stereocenters. The van der Waals surface area contributed by atoms with E-state index in [2.05, 4.69) is 0 Å². The summed E-state index contributed by atoms with van der Waals surface area (Å²) in [6, 6.07) is -0.246. The number of alkyl halides is 3. The van der Waals surface area contributed by atoms with Crippen molar-refractivity contribution in [1.82, 2.24) is 4.90 Å². The molecule has 0 amide bonds. The Labute approximate surface area is 89.6 Å². The molecule has 5 heteroatoms. The number of hydrogen-bond donors (Lipinski definition) is 1. The summed E-state index contributed by atoms with van der Waals surface area (Å²) in [5.41, 5.74) is 5.31. The molecule has 0 aromatic rings. The second-order valence-electron chi connectivity index (χ2n) is 4.80. The smallest absolute Gasteiger partial charge is 0.329 e. The zero-order valence-electron chi connectivity index (χ0n) is 9.86. The normalized spacial score (nSPS) is 15.8. The Kier molecular flexibility index (Phi) is 5.06. The Morgan fingerprint density at radius 3 is 1.87 bits per heavy atom. The third-order valence-electron chi connectivity index (χ3n) is 2.45. The van der Waals surface area contributed by atoms with Gasteiger partial charge in [0.2, 0.25) is 0 Å². The molecule has 2 N–H and O–H groups in total. The van der Waals surface area contributed by atoms with Gasteiger partial charge in [0.15, 0.2) is 0 Å². The van der Waals surface area contributed by atoms with Crippen LogP contribution in [0.4, 0.5) is 13.2 Å². The van der Waals surface area contributed by atoms with Crippen LogP contribution in [0, 0.1) is 5.41 Å². The number of nitrogens with zero attached hydrogens (tertiary/aromatic N) is 1. The van der Waals surface area contributed by atoms with Crippen molar-refractivity contribution in [2.24, 2.45) is 11.1 Å². The zero-order valence-corrected chi connectivity index (χ0v) is 9.86. The topological polar surface area (TPSA) is 29.3 Å². The van der Waals surface area contributed by atoms with Gasteiger partial charge in [0.1, 0.15) is 0 Å². The van der Waals surface area contributed by atoms with Crippen LogP contribution < -0.4 is 5.73 Å². The maximum absolute atomic E-state index is 12.3. The van der Waals surface area contributed by atoms with E-state index in [1.165, 1.54) is 4.90 Å². The molecule has 0 aliphatic heterocycles. The van der Waals surface area contributed by atoms with Crippen LogP contribution in [-0.4, -0.2) is 36.8 Å². The molecule has 0 spiro atoms. The number of nitrogens with two attached hydrogens (primary N) is 1. The van der Waals surface area contributed by atoms with Crippen LogP contribution in [0.1, 0.15) is 27.7 Å². The maximum Gasteiger partial charge on any atom is 0.401 e. The van der Waals surface area contributed by atoms with Gasteiger partial charge in [0.25, 0.3) is 0 Å². The molecule has 0 bridgehead atoms. The standard InChI is InChI=1S/C10H21F3N2/c1-5-15(7-10(11,12)13)8(6-14)9(2,3)4/h8H,5-7,14H2,1-4H3. The van der Waals surface area contributed by atoms with Gasteiger partial charge < -0.3 is 5.73 Å². The van der Waals surface area contributed by atoms with Gasteiger partial charge in [0.05, 0.1) is 6.54 Å². The van der Waals surface area contributed by atoms with Crippen LogP contribution in [0.15, 0.2) is 0 Å². The van der Waals surface area contributed by atoms with Gasteiger partial charge in [-0.15, -0.1) is 0 Å². The lowest BCUT2D eigenvalue weighted by atomic mass is 9.85. The van der Waals surface area contributed by atoms with E-state index in [1.54, 1.807) is 6.92 Å². The van der Waals surface area contributed by atoms with Crippen LogP contribution in [0.25, 0.3) is 0 Å². The van der Waals surface area contributed by atoms with Gasteiger partial charge in [0, 0.05) is 12.6 Å². The summed E-state index contributed by atoms with van der Waals surface area (Å²) in [4.78, 5) is 1.39. The Bertz CT molecular complexity index is 184. The molecule has 0 aromatic carbocycles. The second kappa shape index (κ2) is 5.16. The average Bonchev–Trinajstić information content (AvgIpc) is 1.98. The minimum absolute atomic E-state index is 0.240. The first-order chi connectivity index (χ1) is 6.61. The molecule has 0 aliphatic rings. The first kappa shape index (κ1) is 14.7. The Morgan fingerprint density at radius 1 is 1.20 bits per heavy atom. The predicted molar refractivity (Wildman–Crippen MR) is 55.6 cm³/mol. The molecule has 0 heterocycles. The summed E-state index contributed by atoms with van der Waals surface area (Å²) in [7, 11) is 0. The number of hydrogen-bond acceptors (Lipinski definition) is 2. The Balaban J connectivity index is 4.63. The van der Waals surface area contributed by atoms with E-state index in [-0.39, 0.29) is 18.0 Å². The molecule has 0 saturated heterocycles. The molecular weight excluding hydrogens is 205 g/mol. The van der Waals surface area contributed by atoms with E-state index in [0.29, 0.717) is 6.54 Å². The van der Waals surface area contributed by atoms with Gasteiger partial charge in [-0.2, -0.15) is 13.2 Å². The predicted octanol–water partition coefficient (Wildman–Crippen LogP) is 2.24. The van der Waals surface area contributed by atoms with Crippen molar-refractivity contribution >= 4 is 0 Å². The molecule has 0 rings (SSSR count). The Morgan fingerprint density at radius 2 is 1.67 bits per heavy atom. The van der Waals surface area contributed by atoms with Crippen LogP contribution in [0.5, 0.6) is 0 Å². The zero-order chi connectivity index (χ0) is 12.3. The lowest BCUT2D eigenvalue weighted by molar-refractivity contribution is -0.154. The van der Waals surface area contributed by atoms with Crippen molar-refractivity contribution in [3.05, 3.63) is 0 Å². The highest BCUT2D eigenvalue weighted by atomic mass is 19.4. The van der Waals surface area contributed by atoms with Gasteiger partial charge in [-0.3, -0.25) is 4.90 Å². The van der Waals surface area contributed by atoms with Gasteiger partial charge in [-0.25, -0.2) is 0 Å². The van der Waals surface area contributed by atoms with Gasteiger partial charge >= 0.3 is 6.18 Å². The summed E-state index contributed by atoms with van der Waals surface area (Å²) in [5, 5.41) is 0. The highest BCUT2D eigenvalue weighted by Crippen LogP contribution is 2.26. The fourth-order valence-electron chi connectivity index (χ4n) is 1.72. The quantitative estimate of drug-likeness (QED) is 0.796. The van der Waals surface area contributed by atoms with E-state index >= 15 is 0 Å². The lowest BCUT2D eigenvalue weighted by Gasteiger charge is -2.39. The third kappa shape index (κ3) is 5.37. The summed E-state index contributed by atoms with van der Waals surface area (Å²) < 4.78 is 36.9. The monoisotopic (exact) mass is 226 g/mol. The van der Waals surface area contributed by atoms with Crippen molar-refractivity contribution in [3.8, 4) is 0 Å². The molecule has 0 fully saturated rings. The van der Waals surface area contributed by atoms with Crippen molar-refractivity contribution in [3.63, 3.8) is 0 Å². The fourth-order valence-corrected chi connectivity index (χ4v) is 1.72. The minimum atomic E-state index is -4.16. The number of rotatable bonds is 4. The molecule has 0 aromatic heterocycles. The van der Waals surface area contributed by atoms with E-state index in [1.807, 2.05) is 20.8 Å². The maximum atomic E-state index is 12.3. The van der Waals surface area contributed by atoms with E-state index in [9.17, 15) is 13.2 Å². The van der Waals surface area contributed by atoms with Crippen LogP contribution in [0.2, 0.25) is 0 Å². The van der Waals surface area contributed by atoms with Crippen molar-refractivity contribution in [1.29, 1.82) is 0 Å². The first-order valence-electron chi connectivity index (χ1n) is 5.12. The largest absolute Gasteiger partial charge is 0.401 e. The summed E-state index contributed by atoms with van der Waals surface area (Å²) >= 11 is 0. The lowest BCUT2D eigenvalue weighted by Crippen LogP contribution is -2.51. The highest BCUT2D eigenvalue weighted by molar-refractivity contribution is 4.84. The van der Waals surface area contributed by atoms with Gasteiger partial charge in [-0.1, -0.05) is 27.7 Å². The minimum Gasteiger partial charge on any atom is -0.329 e. The second-order valence-corrected chi connectivity index (χ2v) is 4.80. The first-order valence-corrected chi connectivity index (χ1v) is 5.12. The summed E-state index contributed by atoms with van der Waals surface area (Å²) in [5.74, 6) is 0. The highest BCUT2D eigenvalue weighted by Gasteiger charge is 2.36.